The zero-order valence-corrected chi connectivity index (χ0v) is 20.5. The summed E-state index contributed by atoms with van der Waals surface area (Å²) in [6, 6.07) is 18.1. The number of sulfonamides is 1. The second-order valence-corrected chi connectivity index (χ2v) is 10.2. The molecule has 6 nitrogen and oxygen atoms in total. The third-order valence-electron chi connectivity index (χ3n) is 4.64. The summed E-state index contributed by atoms with van der Waals surface area (Å²) in [6.07, 6.45) is 0. The van der Waals surface area contributed by atoms with E-state index < -0.39 is 22.5 Å². The summed E-state index contributed by atoms with van der Waals surface area (Å²) in [5, 5.41) is 3.21. The Morgan fingerprint density at radius 3 is 2.15 bits per heavy atom. The van der Waals surface area contributed by atoms with E-state index in [0.717, 1.165) is 15.4 Å². The number of carbonyl (C=O) groups is 1. The summed E-state index contributed by atoms with van der Waals surface area (Å²) < 4.78 is 33.3. The Morgan fingerprint density at radius 2 is 1.55 bits per heavy atom. The molecule has 0 saturated heterocycles. The van der Waals surface area contributed by atoms with Crippen LogP contribution in [0.3, 0.4) is 0 Å². The fraction of sp³-hybridized carbons (Fsp3) is 0.208. The van der Waals surface area contributed by atoms with Gasteiger partial charge in [0, 0.05) is 10.0 Å². The molecule has 3 rings (SSSR count). The highest BCUT2D eigenvalue weighted by Gasteiger charge is 2.27. The van der Waals surface area contributed by atoms with Gasteiger partial charge in [-0.05, 0) is 67.4 Å². The molecule has 0 aliphatic rings. The number of ether oxygens (including phenoxy) is 1. The lowest BCUT2D eigenvalue weighted by atomic mass is 10.1. The molecule has 0 atom stereocenters. The fourth-order valence-corrected chi connectivity index (χ4v) is 5.22. The van der Waals surface area contributed by atoms with Gasteiger partial charge in [0.05, 0.1) is 17.1 Å². The Hall–Kier alpha value is -2.74. The van der Waals surface area contributed by atoms with Crippen molar-refractivity contribution in [3.8, 4) is 5.75 Å². The molecule has 0 unspecified atom stereocenters. The zero-order valence-electron chi connectivity index (χ0n) is 18.2. The van der Waals surface area contributed by atoms with E-state index in [1.54, 1.807) is 18.2 Å². The highest BCUT2D eigenvalue weighted by Crippen LogP contribution is 2.29. The van der Waals surface area contributed by atoms with Crippen molar-refractivity contribution in [2.24, 2.45) is 0 Å². The lowest BCUT2D eigenvalue weighted by Gasteiger charge is -2.24. The van der Waals surface area contributed by atoms with E-state index >= 15 is 0 Å². The standard InChI is InChI=1S/C24H24Cl2N2O4S/c1-17-10-18(2)12-22(11-17)32-9-8-27-24(29)16-28(21-14-19(25)13-20(26)15-21)33(30,31)23-6-4-3-5-7-23/h3-7,10-15H,8-9,16H2,1-2H3,(H,27,29). The van der Waals surface area contributed by atoms with Crippen LogP contribution in [-0.4, -0.2) is 34.0 Å². The first-order valence-corrected chi connectivity index (χ1v) is 12.4. The predicted octanol–water partition coefficient (Wildman–Crippen LogP) is 5.00. The molecule has 0 bridgehead atoms. The van der Waals surface area contributed by atoms with Gasteiger partial charge in [-0.15, -0.1) is 0 Å². The molecule has 0 aliphatic carbocycles. The number of nitrogens with zero attached hydrogens (tertiary/aromatic N) is 1. The van der Waals surface area contributed by atoms with Crippen LogP contribution in [0.1, 0.15) is 11.1 Å². The maximum absolute atomic E-state index is 13.3. The van der Waals surface area contributed by atoms with Crippen molar-refractivity contribution < 1.29 is 17.9 Å². The second-order valence-electron chi connectivity index (χ2n) is 7.47. The van der Waals surface area contributed by atoms with Gasteiger partial charge in [-0.2, -0.15) is 0 Å². The van der Waals surface area contributed by atoms with E-state index in [4.69, 9.17) is 27.9 Å². The van der Waals surface area contributed by atoms with Gasteiger partial charge in [0.2, 0.25) is 5.91 Å². The normalized spacial score (nSPS) is 11.2. The summed E-state index contributed by atoms with van der Waals surface area (Å²) in [5.74, 6) is 0.221. The number of benzene rings is 3. The molecule has 3 aromatic carbocycles. The quantitative estimate of drug-likeness (QED) is 0.414. The van der Waals surface area contributed by atoms with Crippen molar-refractivity contribution in [3.05, 3.63) is 87.9 Å². The van der Waals surface area contributed by atoms with Gasteiger partial charge in [-0.25, -0.2) is 8.42 Å². The topological polar surface area (TPSA) is 75.7 Å². The number of hydrogen-bond acceptors (Lipinski definition) is 4. The Bertz CT molecular complexity index is 1190. The first-order chi connectivity index (χ1) is 15.6. The highest BCUT2D eigenvalue weighted by molar-refractivity contribution is 7.92. The lowest BCUT2D eigenvalue weighted by molar-refractivity contribution is -0.119. The van der Waals surface area contributed by atoms with E-state index in [0.29, 0.717) is 5.75 Å². The average molecular weight is 507 g/mol. The van der Waals surface area contributed by atoms with Crippen LogP contribution in [0.4, 0.5) is 5.69 Å². The molecular weight excluding hydrogens is 483 g/mol. The number of halogens is 2. The molecule has 0 saturated carbocycles. The minimum atomic E-state index is -4.04. The van der Waals surface area contributed by atoms with Crippen LogP contribution in [-0.2, 0) is 14.8 Å². The molecule has 33 heavy (non-hydrogen) atoms. The van der Waals surface area contributed by atoms with Crippen LogP contribution in [0, 0.1) is 13.8 Å². The zero-order chi connectivity index (χ0) is 24.0. The van der Waals surface area contributed by atoms with Crippen molar-refractivity contribution in [2.75, 3.05) is 24.0 Å². The van der Waals surface area contributed by atoms with Gasteiger partial charge in [0.15, 0.2) is 0 Å². The molecule has 0 spiro atoms. The smallest absolute Gasteiger partial charge is 0.264 e. The van der Waals surface area contributed by atoms with Crippen LogP contribution in [0.2, 0.25) is 10.0 Å². The highest BCUT2D eigenvalue weighted by atomic mass is 35.5. The predicted molar refractivity (Wildman–Crippen MR) is 132 cm³/mol. The molecule has 1 amide bonds. The average Bonchev–Trinajstić information content (AvgIpc) is 2.74. The monoisotopic (exact) mass is 506 g/mol. The van der Waals surface area contributed by atoms with Crippen molar-refractivity contribution in [1.82, 2.24) is 5.32 Å². The Balaban J connectivity index is 1.72. The maximum Gasteiger partial charge on any atom is 0.264 e. The molecule has 9 heteroatoms. The number of hydrogen-bond donors (Lipinski definition) is 1. The van der Waals surface area contributed by atoms with Crippen LogP contribution < -0.4 is 14.4 Å². The second kappa shape index (κ2) is 10.9. The van der Waals surface area contributed by atoms with Gasteiger partial charge in [0.25, 0.3) is 10.0 Å². The summed E-state index contributed by atoms with van der Waals surface area (Å²) in [6.45, 7) is 3.96. The van der Waals surface area contributed by atoms with Gasteiger partial charge >= 0.3 is 0 Å². The van der Waals surface area contributed by atoms with Crippen LogP contribution in [0.25, 0.3) is 0 Å². The lowest BCUT2D eigenvalue weighted by Crippen LogP contribution is -2.42. The minimum absolute atomic E-state index is 0.0482. The summed E-state index contributed by atoms with van der Waals surface area (Å²) in [7, 11) is -4.04. The number of aryl methyl sites for hydroxylation is 2. The first-order valence-electron chi connectivity index (χ1n) is 10.2. The van der Waals surface area contributed by atoms with Crippen LogP contribution >= 0.6 is 23.2 Å². The Kier molecular flexibility index (Phi) is 8.24. The summed E-state index contributed by atoms with van der Waals surface area (Å²) in [4.78, 5) is 12.7. The van der Waals surface area contributed by atoms with Crippen molar-refractivity contribution in [2.45, 2.75) is 18.7 Å². The van der Waals surface area contributed by atoms with Crippen LogP contribution in [0.15, 0.2) is 71.6 Å². The van der Waals surface area contributed by atoms with E-state index in [1.807, 2.05) is 32.0 Å². The SMILES string of the molecule is Cc1cc(C)cc(OCCNC(=O)CN(c2cc(Cl)cc(Cl)c2)S(=O)(=O)c2ccccc2)c1. The van der Waals surface area contributed by atoms with Gasteiger partial charge in [0.1, 0.15) is 18.9 Å². The molecule has 0 radical (unpaired) electrons. The number of nitrogens with one attached hydrogen (secondary N) is 1. The number of rotatable bonds is 9. The van der Waals surface area contributed by atoms with Gasteiger partial charge in [-0.3, -0.25) is 9.10 Å². The summed E-state index contributed by atoms with van der Waals surface area (Å²) >= 11 is 12.2. The van der Waals surface area contributed by atoms with Crippen molar-refractivity contribution in [1.29, 1.82) is 0 Å². The van der Waals surface area contributed by atoms with Gasteiger partial charge in [-0.1, -0.05) is 47.5 Å². The molecule has 0 heterocycles. The molecule has 174 valence electrons. The molecule has 3 aromatic rings. The van der Waals surface area contributed by atoms with E-state index in [9.17, 15) is 13.2 Å². The molecule has 0 aromatic heterocycles. The number of anilines is 1. The fourth-order valence-electron chi connectivity index (χ4n) is 3.28. The van der Waals surface area contributed by atoms with Gasteiger partial charge < -0.3 is 10.1 Å². The van der Waals surface area contributed by atoms with Crippen LogP contribution in [0.5, 0.6) is 5.75 Å². The van der Waals surface area contributed by atoms with E-state index in [2.05, 4.69) is 5.32 Å². The summed E-state index contributed by atoms with van der Waals surface area (Å²) in [5.41, 5.74) is 2.35. The Labute approximate surface area is 204 Å². The molecule has 0 fully saturated rings. The molecule has 0 aliphatic heterocycles. The molecule has 1 N–H and O–H groups in total. The maximum atomic E-state index is 13.3. The van der Waals surface area contributed by atoms with E-state index in [-0.39, 0.29) is 33.8 Å². The first kappa shape index (κ1) is 24.9. The minimum Gasteiger partial charge on any atom is -0.492 e. The van der Waals surface area contributed by atoms with E-state index in [1.165, 1.54) is 30.3 Å². The number of amides is 1. The largest absolute Gasteiger partial charge is 0.492 e. The van der Waals surface area contributed by atoms with Crippen molar-refractivity contribution >= 4 is 44.8 Å². The third-order valence-corrected chi connectivity index (χ3v) is 6.87. The number of carbonyl (C=O) groups excluding carboxylic acids is 1. The molecular formula is C24H24Cl2N2O4S. The van der Waals surface area contributed by atoms with Crippen molar-refractivity contribution in [3.63, 3.8) is 0 Å². The Morgan fingerprint density at radius 1 is 0.939 bits per heavy atom. The third kappa shape index (κ3) is 6.87.